The van der Waals surface area contributed by atoms with Crippen LogP contribution in [0.4, 0.5) is 0 Å². The lowest BCUT2D eigenvalue weighted by atomic mass is 9.96. The highest BCUT2D eigenvalue weighted by Gasteiger charge is 2.18. The molecule has 0 aliphatic rings. The van der Waals surface area contributed by atoms with Gasteiger partial charge in [-0.3, -0.25) is 4.79 Å². The summed E-state index contributed by atoms with van der Waals surface area (Å²) in [6, 6.07) is 13.9. The summed E-state index contributed by atoms with van der Waals surface area (Å²) in [5, 5.41) is 2.16. The molecule has 0 spiro atoms. The van der Waals surface area contributed by atoms with E-state index in [1.54, 1.807) is 6.08 Å². The number of benzene rings is 2. The van der Waals surface area contributed by atoms with Crippen molar-refractivity contribution in [3.8, 4) is 0 Å². The summed E-state index contributed by atoms with van der Waals surface area (Å²) in [5.74, 6) is -0.332. The van der Waals surface area contributed by atoms with Crippen molar-refractivity contribution >= 4 is 16.7 Å². The Morgan fingerprint density at radius 3 is 2.58 bits per heavy atom. The van der Waals surface area contributed by atoms with Gasteiger partial charge in [-0.2, -0.15) is 0 Å². The molecular formula is C17H16O2. The first kappa shape index (κ1) is 13.1. The molecule has 0 saturated heterocycles. The van der Waals surface area contributed by atoms with E-state index in [1.165, 1.54) is 6.92 Å². The molecule has 0 amide bonds. The van der Waals surface area contributed by atoms with Gasteiger partial charge in [-0.25, -0.2) is 0 Å². The first-order chi connectivity index (χ1) is 9.13. The van der Waals surface area contributed by atoms with Crippen molar-refractivity contribution in [2.24, 2.45) is 0 Å². The summed E-state index contributed by atoms with van der Waals surface area (Å²) in [7, 11) is 0. The smallest absolute Gasteiger partial charge is 0.303 e. The van der Waals surface area contributed by atoms with Crippen LogP contribution in [0.15, 0.2) is 67.3 Å². The van der Waals surface area contributed by atoms with Crippen molar-refractivity contribution in [1.29, 1.82) is 0 Å². The van der Waals surface area contributed by atoms with E-state index in [4.69, 9.17) is 4.74 Å². The number of rotatable bonds is 4. The van der Waals surface area contributed by atoms with Gasteiger partial charge in [0.1, 0.15) is 0 Å². The molecule has 0 saturated carbocycles. The molecule has 0 radical (unpaired) electrons. The Morgan fingerprint density at radius 1 is 1.21 bits per heavy atom. The summed E-state index contributed by atoms with van der Waals surface area (Å²) in [6.45, 7) is 9.02. The standard InChI is InChI=1S/C17H16O2/c1-4-12(2)17(19-13(3)18)16-11-7-9-14-8-5-6-10-15(14)16/h4-11,17H,1-2H2,3H3. The van der Waals surface area contributed by atoms with Gasteiger partial charge >= 0.3 is 5.97 Å². The van der Waals surface area contributed by atoms with Crippen molar-refractivity contribution in [2.45, 2.75) is 13.0 Å². The highest BCUT2D eigenvalue weighted by molar-refractivity contribution is 5.86. The van der Waals surface area contributed by atoms with Gasteiger partial charge in [-0.15, -0.1) is 0 Å². The lowest BCUT2D eigenvalue weighted by molar-refractivity contribution is -0.144. The molecule has 0 N–H and O–H groups in total. The van der Waals surface area contributed by atoms with Gasteiger partial charge in [-0.1, -0.05) is 61.7 Å². The third kappa shape index (κ3) is 2.74. The zero-order valence-corrected chi connectivity index (χ0v) is 10.9. The van der Waals surface area contributed by atoms with Crippen LogP contribution in [-0.2, 0) is 9.53 Å². The minimum absolute atomic E-state index is 0.332. The maximum atomic E-state index is 11.3. The fourth-order valence-corrected chi connectivity index (χ4v) is 2.09. The molecule has 2 aromatic rings. The van der Waals surface area contributed by atoms with E-state index >= 15 is 0 Å². The third-order valence-corrected chi connectivity index (χ3v) is 2.99. The summed E-state index contributed by atoms with van der Waals surface area (Å²) in [5.41, 5.74) is 1.60. The van der Waals surface area contributed by atoms with Crippen molar-refractivity contribution in [2.75, 3.05) is 0 Å². The quantitative estimate of drug-likeness (QED) is 0.602. The Labute approximate surface area is 113 Å². The predicted molar refractivity (Wildman–Crippen MR) is 77.8 cm³/mol. The second-order valence-corrected chi connectivity index (χ2v) is 4.34. The Balaban J connectivity index is 2.58. The van der Waals surface area contributed by atoms with Crippen LogP contribution >= 0.6 is 0 Å². The Hall–Kier alpha value is -2.35. The fourth-order valence-electron chi connectivity index (χ4n) is 2.09. The lowest BCUT2D eigenvalue weighted by Crippen LogP contribution is -2.10. The van der Waals surface area contributed by atoms with E-state index in [1.807, 2.05) is 42.5 Å². The molecule has 1 atom stereocenters. The molecule has 96 valence electrons. The minimum Gasteiger partial charge on any atom is -0.453 e. The van der Waals surface area contributed by atoms with Crippen molar-refractivity contribution < 1.29 is 9.53 Å². The maximum Gasteiger partial charge on any atom is 0.303 e. The van der Waals surface area contributed by atoms with E-state index in [0.29, 0.717) is 5.57 Å². The molecule has 2 nitrogen and oxygen atoms in total. The molecule has 1 unspecified atom stereocenters. The van der Waals surface area contributed by atoms with E-state index in [0.717, 1.165) is 16.3 Å². The van der Waals surface area contributed by atoms with Crippen molar-refractivity contribution in [1.82, 2.24) is 0 Å². The first-order valence-electron chi connectivity index (χ1n) is 6.09. The SMILES string of the molecule is C=CC(=C)C(OC(C)=O)c1cccc2ccccc12. The van der Waals surface area contributed by atoms with E-state index in [-0.39, 0.29) is 5.97 Å². The van der Waals surface area contributed by atoms with Gasteiger partial charge in [0.25, 0.3) is 0 Å². The molecule has 0 fully saturated rings. The fraction of sp³-hybridized carbons (Fsp3) is 0.118. The average molecular weight is 252 g/mol. The second kappa shape index (κ2) is 5.53. The number of esters is 1. The molecule has 0 bridgehead atoms. The number of hydrogen-bond donors (Lipinski definition) is 0. The Kier molecular flexibility index (Phi) is 3.81. The normalized spacial score (nSPS) is 11.8. The van der Waals surface area contributed by atoms with Gasteiger partial charge in [0.05, 0.1) is 0 Å². The molecule has 19 heavy (non-hydrogen) atoms. The van der Waals surface area contributed by atoms with E-state index in [2.05, 4.69) is 13.2 Å². The molecule has 2 rings (SSSR count). The minimum atomic E-state index is -0.485. The summed E-state index contributed by atoms with van der Waals surface area (Å²) >= 11 is 0. The lowest BCUT2D eigenvalue weighted by Gasteiger charge is -2.19. The van der Waals surface area contributed by atoms with Crippen LogP contribution in [0.5, 0.6) is 0 Å². The van der Waals surface area contributed by atoms with Crippen LogP contribution in [0.3, 0.4) is 0 Å². The molecule has 0 aliphatic heterocycles. The number of hydrogen-bond acceptors (Lipinski definition) is 2. The van der Waals surface area contributed by atoms with Gasteiger partial charge in [0.2, 0.25) is 0 Å². The second-order valence-electron chi connectivity index (χ2n) is 4.34. The first-order valence-corrected chi connectivity index (χ1v) is 6.09. The van der Waals surface area contributed by atoms with Crippen LogP contribution in [0.1, 0.15) is 18.6 Å². The van der Waals surface area contributed by atoms with Crippen LogP contribution < -0.4 is 0 Å². The number of fused-ring (bicyclic) bond motifs is 1. The maximum absolute atomic E-state index is 11.3. The predicted octanol–water partition coefficient (Wildman–Crippen LogP) is 4.19. The number of carbonyl (C=O) groups is 1. The van der Waals surface area contributed by atoms with E-state index < -0.39 is 6.10 Å². The van der Waals surface area contributed by atoms with Crippen molar-refractivity contribution in [3.05, 3.63) is 72.8 Å². The Bertz CT molecular complexity index is 635. The molecular weight excluding hydrogens is 236 g/mol. The van der Waals surface area contributed by atoms with Gasteiger partial charge in [-0.05, 0) is 16.3 Å². The van der Waals surface area contributed by atoms with Crippen LogP contribution in [0.25, 0.3) is 10.8 Å². The number of carbonyl (C=O) groups excluding carboxylic acids is 1. The highest BCUT2D eigenvalue weighted by Crippen LogP contribution is 2.31. The van der Waals surface area contributed by atoms with Crippen LogP contribution in [-0.4, -0.2) is 5.97 Å². The van der Waals surface area contributed by atoms with Crippen LogP contribution in [0, 0.1) is 0 Å². The van der Waals surface area contributed by atoms with Gasteiger partial charge in [0, 0.05) is 12.5 Å². The monoisotopic (exact) mass is 252 g/mol. The largest absolute Gasteiger partial charge is 0.453 e. The summed E-state index contributed by atoms with van der Waals surface area (Å²) < 4.78 is 5.39. The molecule has 0 aliphatic carbocycles. The van der Waals surface area contributed by atoms with Gasteiger partial charge in [0.15, 0.2) is 6.10 Å². The average Bonchev–Trinajstić information content (AvgIpc) is 2.43. The third-order valence-electron chi connectivity index (χ3n) is 2.99. The van der Waals surface area contributed by atoms with Crippen molar-refractivity contribution in [3.63, 3.8) is 0 Å². The zero-order valence-electron chi connectivity index (χ0n) is 10.9. The topological polar surface area (TPSA) is 26.3 Å². The zero-order chi connectivity index (χ0) is 13.8. The molecule has 2 aromatic carbocycles. The summed E-state index contributed by atoms with van der Waals surface area (Å²) in [6.07, 6.45) is 1.14. The highest BCUT2D eigenvalue weighted by atomic mass is 16.5. The Morgan fingerprint density at radius 2 is 1.89 bits per heavy atom. The van der Waals surface area contributed by atoms with Gasteiger partial charge < -0.3 is 4.74 Å². The molecule has 0 heterocycles. The van der Waals surface area contributed by atoms with E-state index in [9.17, 15) is 4.79 Å². The van der Waals surface area contributed by atoms with Crippen LogP contribution in [0.2, 0.25) is 0 Å². The molecule has 2 heteroatoms. The number of ether oxygens (including phenoxy) is 1. The molecule has 0 aromatic heterocycles. The summed E-state index contributed by atoms with van der Waals surface area (Å²) in [4.78, 5) is 11.3.